The van der Waals surface area contributed by atoms with Gasteiger partial charge in [-0.1, -0.05) is 38.1 Å². The summed E-state index contributed by atoms with van der Waals surface area (Å²) in [5.41, 5.74) is 2.07. The Labute approximate surface area is 127 Å². The van der Waals surface area contributed by atoms with Gasteiger partial charge in [-0.15, -0.1) is 0 Å². The smallest absolute Gasteiger partial charge is 0.424 e. The molecule has 0 spiro atoms. The second kappa shape index (κ2) is 5.33. The number of esters is 1. The lowest BCUT2D eigenvalue weighted by atomic mass is 9.85. The van der Waals surface area contributed by atoms with Crippen molar-refractivity contribution in [1.29, 1.82) is 0 Å². The fourth-order valence-electron chi connectivity index (χ4n) is 2.96. The van der Waals surface area contributed by atoms with Gasteiger partial charge in [0, 0.05) is 17.4 Å². The van der Waals surface area contributed by atoms with Gasteiger partial charge in [-0.05, 0) is 12.1 Å². The van der Waals surface area contributed by atoms with Gasteiger partial charge in [0.1, 0.15) is 5.76 Å². The van der Waals surface area contributed by atoms with E-state index in [1.807, 2.05) is 50.3 Å². The van der Waals surface area contributed by atoms with Crippen LogP contribution < -0.4 is 5.76 Å². The molecule has 1 aliphatic carbocycles. The molecule has 0 unspecified atom stereocenters. The van der Waals surface area contributed by atoms with Crippen LogP contribution in [0.3, 0.4) is 0 Å². The molecule has 0 N–H and O–H groups in total. The second-order valence-corrected chi connectivity index (χ2v) is 5.41. The van der Waals surface area contributed by atoms with E-state index in [2.05, 4.69) is 0 Å². The average Bonchev–Trinajstić information content (AvgIpc) is 2.89. The number of allylic oxidation sites excluding steroid dienone is 1. The van der Waals surface area contributed by atoms with E-state index in [1.54, 1.807) is 4.57 Å². The number of oxazole rings is 1. The van der Waals surface area contributed by atoms with Crippen LogP contribution in [-0.4, -0.2) is 17.6 Å². The Morgan fingerprint density at radius 1 is 1.23 bits per heavy atom. The number of hydrogen-bond donors (Lipinski definition) is 0. The van der Waals surface area contributed by atoms with Gasteiger partial charge in [-0.2, -0.15) is 0 Å². The minimum atomic E-state index is -0.436. The average molecular weight is 299 g/mol. The van der Waals surface area contributed by atoms with Crippen molar-refractivity contribution in [3.63, 3.8) is 0 Å². The van der Waals surface area contributed by atoms with E-state index in [-0.39, 0.29) is 17.8 Å². The van der Waals surface area contributed by atoms with Crippen molar-refractivity contribution in [3.05, 3.63) is 64.0 Å². The largest absolute Gasteiger partial charge is 0.466 e. The van der Waals surface area contributed by atoms with Crippen LogP contribution in [0.25, 0.3) is 5.69 Å². The van der Waals surface area contributed by atoms with Crippen LogP contribution in [0.4, 0.5) is 0 Å². The second-order valence-electron chi connectivity index (χ2n) is 5.41. The van der Waals surface area contributed by atoms with Gasteiger partial charge < -0.3 is 9.15 Å². The van der Waals surface area contributed by atoms with Gasteiger partial charge in [0.25, 0.3) is 0 Å². The van der Waals surface area contributed by atoms with E-state index >= 15 is 0 Å². The number of rotatable bonds is 2. The molecular weight excluding hydrogens is 282 g/mol. The predicted octanol–water partition coefficient (Wildman–Crippen LogP) is 2.75. The number of ether oxygens (including phenoxy) is 1. The van der Waals surface area contributed by atoms with Gasteiger partial charge in [0.2, 0.25) is 0 Å². The Bertz CT molecular complexity index is 798. The standard InChI is InChI=1S/C17H17NO4/c1-10-9-13(16(19)21-3)11(2)15-14(10)18(17(20)22-15)12-7-5-4-6-8-12/h4-11H,1-3H3/t10-,11+/m0/s1. The molecule has 1 aliphatic rings. The molecule has 1 aromatic heterocycles. The van der Waals surface area contributed by atoms with Crippen LogP contribution in [0.2, 0.25) is 0 Å². The molecule has 0 fully saturated rings. The third kappa shape index (κ3) is 2.09. The maximum atomic E-state index is 12.3. The first-order valence-electron chi connectivity index (χ1n) is 7.15. The molecule has 0 radical (unpaired) electrons. The molecule has 1 heterocycles. The molecule has 2 aromatic rings. The zero-order valence-corrected chi connectivity index (χ0v) is 12.7. The van der Waals surface area contributed by atoms with Gasteiger partial charge in [-0.3, -0.25) is 0 Å². The highest BCUT2D eigenvalue weighted by molar-refractivity contribution is 5.90. The van der Waals surface area contributed by atoms with E-state index in [0.29, 0.717) is 11.3 Å². The van der Waals surface area contributed by atoms with Crippen molar-refractivity contribution < 1.29 is 13.9 Å². The summed E-state index contributed by atoms with van der Waals surface area (Å²) in [6, 6.07) is 9.34. The molecule has 5 heteroatoms. The van der Waals surface area contributed by atoms with Gasteiger partial charge in [0.15, 0.2) is 0 Å². The lowest BCUT2D eigenvalue weighted by molar-refractivity contribution is -0.136. The normalized spacial score (nSPS) is 20.2. The Kier molecular flexibility index (Phi) is 3.48. The summed E-state index contributed by atoms with van der Waals surface area (Å²) in [4.78, 5) is 24.2. The van der Waals surface area contributed by atoms with Crippen LogP contribution >= 0.6 is 0 Å². The Hall–Kier alpha value is -2.56. The number of fused-ring (bicyclic) bond motifs is 1. The molecular formula is C17H17NO4. The molecule has 0 aliphatic heterocycles. The summed E-state index contributed by atoms with van der Waals surface area (Å²) < 4.78 is 11.8. The van der Waals surface area contributed by atoms with Crippen molar-refractivity contribution in [2.45, 2.75) is 25.7 Å². The number of para-hydroxylation sites is 1. The summed E-state index contributed by atoms with van der Waals surface area (Å²) in [6.07, 6.45) is 1.84. The molecule has 0 saturated heterocycles. The van der Waals surface area contributed by atoms with Crippen LogP contribution in [0, 0.1) is 0 Å². The number of methoxy groups -OCH3 is 1. The Morgan fingerprint density at radius 3 is 2.55 bits per heavy atom. The Morgan fingerprint density at radius 2 is 1.91 bits per heavy atom. The number of benzene rings is 1. The third-order valence-electron chi connectivity index (χ3n) is 4.03. The molecule has 0 bridgehead atoms. The molecule has 3 rings (SSSR count). The SMILES string of the molecule is COC(=O)C1=C[C@H](C)c2c(oc(=O)n2-c2ccccc2)[C@@H]1C. The fourth-order valence-corrected chi connectivity index (χ4v) is 2.96. The summed E-state index contributed by atoms with van der Waals surface area (Å²) >= 11 is 0. The Balaban J connectivity index is 2.18. The lowest BCUT2D eigenvalue weighted by Gasteiger charge is -2.22. The predicted molar refractivity (Wildman–Crippen MR) is 81.2 cm³/mol. The quantitative estimate of drug-likeness (QED) is 0.800. The highest BCUT2D eigenvalue weighted by Crippen LogP contribution is 2.38. The van der Waals surface area contributed by atoms with Gasteiger partial charge in [0.05, 0.1) is 18.5 Å². The van der Waals surface area contributed by atoms with Crippen molar-refractivity contribution in [2.75, 3.05) is 7.11 Å². The molecule has 0 saturated carbocycles. The summed E-state index contributed by atoms with van der Waals surface area (Å²) in [5.74, 6) is -0.720. The zero-order valence-electron chi connectivity index (χ0n) is 12.7. The number of hydrogen-bond acceptors (Lipinski definition) is 4. The highest BCUT2D eigenvalue weighted by atomic mass is 16.5. The lowest BCUT2D eigenvalue weighted by Crippen LogP contribution is -2.20. The van der Waals surface area contributed by atoms with Crippen molar-refractivity contribution in [3.8, 4) is 5.69 Å². The maximum absolute atomic E-state index is 12.3. The third-order valence-corrected chi connectivity index (χ3v) is 4.03. The highest BCUT2D eigenvalue weighted by Gasteiger charge is 2.34. The summed E-state index contributed by atoms with van der Waals surface area (Å²) in [5, 5.41) is 0. The fraction of sp³-hybridized carbons (Fsp3) is 0.294. The number of carbonyl (C=O) groups is 1. The van der Waals surface area contributed by atoms with Crippen LogP contribution in [-0.2, 0) is 9.53 Å². The minimum Gasteiger partial charge on any atom is -0.466 e. The van der Waals surface area contributed by atoms with Crippen molar-refractivity contribution in [2.24, 2.45) is 0 Å². The monoisotopic (exact) mass is 299 g/mol. The van der Waals surface area contributed by atoms with E-state index < -0.39 is 5.76 Å². The van der Waals surface area contributed by atoms with E-state index in [4.69, 9.17) is 9.15 Å². The first-order valence-corrected chi connectivity index (χ1v) is 7.15. The first-order chi connectivity index (χ1) is 10.5. The minimum absolute atomic E-state index is 0.119. The maximum Gasteiger partial charge on any atom is 0.424 e. The van der Waals surface area contributed by atoms with Crippen LogP contribution in [0.15, 0.2) is 51.2 Å². The molecule has 2 atom stereocenters. The van der Waals surface area contributed by atoms with Gasteiger partial charge in [-0.25, -0.2) is 14.2 Å². The number of carbonyl (C=O) groups excluding carboxylic acids is 1. The van der Waals surface area contributed by atoms with Gasteiger partial charge >= 0.3 is 11.7 Å². The number of aromatic nitrogens is 1. The molecule has 0 amide bonds. The first kappa shape index (κ1) is 14.4. The van der Waals surface area contributed by atoms with E-state index in [0.717, 1.165) is 11.4 Å². The van der Waals surface area contributed by atoms with Crippen molar-refractivity contribution >= 4 is 5.97 Å². The van der Waals surface area contributed by atoms with Crippen LogP contribution in [0.1, 0.15) is 37.1 Å². The number of nitrogens with zero attached hydrogens (tertiary/aromatic N) is 1. The summed E-state index contributed by atoms with van der Waals surface area (Å²) in [6.45, 7) is 3.77. The van der Waals surface area contributed by atoms with Crippen LogP contribution in [0.5, 0.6) is 0 Å². The molecule has 22 heavy (non-hydrogen) atoms. The molecule has 114 valence electrons. The summed E-state index contributed by atoms with van der Waals surface area (Å²) in [7, 11) is 1.35. The van der Waals surface area contributed by atoms with Crippen molar-refractivity contribution in [1.82, 2.24) is 4.57 Å². The molecule has 5 nitrogen and oxygen atoms in total. The molecule has 1 aromatic carbocycles. The topological polar surface area (TPSA) is 61.4 Å². The zero-order chi connectivity index (χ0) is 15.9. The van der Waals surface area contributed by atoms with E-state index in [1.165, 1.54) is 7.11 Å². The van der Waals surface area contributed by atoms with E-state index in [9.17, 15) is 9.59 Å².